The van der Waals surface area contributed by atoms with E-state index in [2.05, 4.69) is 15.2 Å². The molecule has 0 aliphatic carbocycles. The van der Waals surface area contributed by atoms with Crippen LogP contribution in [0.1, 0.15) is 30.7 Å². The Morgan fingerprint density at radius 2 is 1.89 bits per heavy atom. The molecule has 200 valence electrons. The van der Waals surface area contributed by atoms with Crippen molar-refractivity contribution in [2.75, 3.05) is 13.2 Å². The minimum absolute atomic E-state index is 0.00611. The quantitative estimate of drug-likeness (QED) is 0.378. The minimum atomic E-state index is -4.52. The van der Waals surface area contributed by atoms with Gasteiger partial charge in [-0.1, -0.05) is 18.2 Å². The topological polar surface area (TPSA) is 149 Å². The summed E-state index contributed by atoms with van der Waals surface area (Å²) in [7, 11) is 0. The molecule has 1 N–H and O–H groups in total. The average Bonchev–Trinajstić information content (AvgIpc) is 3.29. The molecule has 1 aromatic carbocycles. The molecule has 14 heteroatoms. The third-order valence-corrected chi connectivity index (χ3v) is 5.05. The molecular weight excluding hydrogens is 511 g/mol. The second-order valence-electron chi connectivity index (χ2n) is 8.55. The van der Waals surface area contributed by atoms with E-state index in [0.717, 1.165) is 23.1 Å². The molecule has 3 rings (SSSR count). The van der Waals surface area contributed by atoms with Gasteiger partial charge in [0.15, 0.2) is 5.69 Å². The maximum absolute atomic E-state index is 12.9. The molecule has 3 aromatic rings. The van der Waals surface area contributed by atoms with Crippen molar-refractivity contribution in [2.24, 2.45) is 5.41 Å². The molecule has 38 heavy (non-hydrogen) atoms. The molecule has 0 spiro atoms. The summed E-state index contributed by atoms with van der Waals surface area (Å²) in [5.41, 5.74) is -0.848. The first-order valence-corrected chi connectivity index (χ1v) is 11.0. The highest BCUT2D eigenvalue weighted by molar-refractivity contribution is 5.74. The zero-order valence-electron chi connectivity index (χ0n) is 20.2. The fourth-order valence-electron chi connectivity index (χ4n) is 2.90. The molecule has 0 saturated heterocycles. The third kappa shape index (κ3) is 7.42. The fourth-order valence-corrected chi connectivity index (χ4v) is 2.90. The lowest BCUT2D eigenvalue weighted by Crippen LogP contribution is -2.30. The number of carboxylic acids is 1. The zero-order valence-corrected chi connectivity index (χ0v) is 20.2. The number of alkyl halides is 3. The number of benzene rings is 1. The van der Waals surface area contributed by atoms with E-state index in [9.17, 15) is 28.0 Å². The van der Waals surface area contributed by atoms with E-state index in [1.807, 2.05) is 6.07 Å². The van der Waals surface area contributed by atoms with Crippen molar-refractivity contribution in [1.29, 1.82) is 5.26 Å². The van der Waals surface area contributed by atoms with Crippen LogP contribution in [0.25, 0.3) is 11.3 Å². The van der Waals surface area contributed by atoms with Crippen molar-refractivity contribution in [1.82, 2.24) is 20.0 Å². The minimum Gasteiger partial charge on any atom is -0.481 e. The van der Waals surface area contributed by atoms with E-state index in [1.54, 1.807) is 24.3 Å². The summed E-state index contributed by atoms with van der Waals surface area (Å²) in [6.07, 6.45) is -4.58. The van der Waals surface area contributed by atoms with Crippen LogP contribution >= 0.6 is 0 Å². The van der Waals surface area contributed by atoms with Crippen LogP contribution in [0.3, 0.4) is 0 Å². The Morgan fingerprint density at radius 3 is 2.58 bits per heavy atom. The van der Waals surface area contributed by atoms with Crippen LogP contribution in [-0.2, 0) is 33.6 Å². The highest BCUT2D eigenvalue weighted by Crippen LogP contribution is 2.30. The molecule has 2 heterocycles. The highest BCUT2D eigenvalue weighted by atomic mass is 19.4. The number of aliphatic carboxylic acids is 1. The van der Waals surface area contributed by atoms with Gasteiger partial charge in [0.2, 0.25) is 5.88 Å². The normalized spacial score (nSPS) is 11.5. The lowest BCUT2D eigenvalue weighted by molar-refractivity contribution is -0.149. The van der Waals surface area contributed by atoms with E-state index < -0.39 is 29.3 Å². The van der Waals surface area contributed by atoms with Gasteiger partial charge in [-0.2, -0.15) is 28.3 Å². The maximum Gasteiger partial charge on any atom is 0.508 e. The summed E-state index contributed by atoms with van der Waals surface area (Å²) >= 11 is 0. The van der Waals surface area contributed by atoms with Gasteiger partial charge in [0.25, 0.3) is 0 Å². The average molecular weight is 533 g/mol. The Morgan fingerprint density at radius 1 is 1.13 bits per heavy atom. The maximum atomic E-state index is 12.9. The first-order chi connectivity index (χ1) is 17.9. The van der Waals surface area contributed by atoms with Crippen LogP contribution in [0, 0.1) is 16.7 Å². The summed E-state index contributed by atoms with van der Waals surface area (Å²) in [5, 5.41) is 26.8. The van der Waals surface area contributed by atoms with Crippen molar-refractivity contribution >= 4 is 12.1 Å². The van der Waals surface area contributed by atoms with Crippen molar-refractivity contribution < 1.29 is 42.1 Å². The van der Waals surface area contributed by atoms with E-state index in [4.69, 9.17) is 19.3 Å². The number of carbonyl (C=O) groups excluding carboxylic acids is 1. The zero-order chi connectivity index (χ0) is 27.9. The van der Waals surface area contributed by atoms with Gasteiger partial charge in [0.05, 0.1) is 17.5 Å². The van der Waals surface area contributed by atoms with Crippen LogP contribution in [0.15, 0.2) is 42.6 Å². The van der Waals surface area contributed by atoms with Crippen molar-refractivity contribution in [3.05, 3.63) is 59.4 Å². The van der Waals surface area contributed by atoms with E-state index in [-0.39, 0.29) is 43.6 Å². The molecule has 11 nitrogen and oxygen atoms in total. The van der Waals surface area contributed by atoms with Gasteiger partial charge < -0.3 is 19.3 Å². The number of halogens is 3. The Hall–Kier alpha value is -4.67. The molecule has 0 atom stereocenters. The van der Waals surface area contributed by atoms with Gasteiger partial charge in [-0.25, -0.2) is 9.78 Å². The second-order valence-corrected chi connectivity index (χ2v) is 8.55. The number of rotatable bonds is 10. The fraction of sp³-hybridized carbons (Fsp3) is 0.333. The summed E-state index contributed by atoms with van der Waals surface area (Å²) in [6, 6.07) is 10.2. The molecule has 0 saturated carbocycles. The number of carbonyl (C=O) groups is 2. The molecule has 0 unspecified atom stereocenters. The van der Waals surface area contributed by atoms with Gasteiger partial charge in [-0.05, 0) is 31.5 Å². The van der Waals surface area contributed by atoms with Crippen LogP contribution in [0.4, 0.5) is 18.0 Å². The molecule has 0 amide bonds. The van der Waals surface area contributed by atoms with E-state index in [1.165, 1.54) is 13.8 Å². The third-order valence-electron chi connectivity index (χ3n) is 5.05. The van der Waals surface area contributed by atoms with Gasteiger partial charge in [-0.15, -0.1) is 5.10 Å². The van der Waals surface area contributed by atoms with Gasteiger partial charge in [0, 0.05) is 17.8 Å². The smallest absolute Gasteiger partial charge is 0.481 e. The van der Waals surface area contributed by atoms with E-state index in [0.29, 0.717) is 11.1 Å². The van der Waals surface area contributed by atoms with Crippen molar-refractivity contribution in [3.63, 3.8) is 0 Å². The number of hydrogen-bond donors (Lipinski definition) is 1. The molecule has 0 radical (unpaired) electrons. The predicted molar refractivity (Wildman–Crippen MR) is 122 cm³/mol. The Labute approximate surface area is 214 Å². The van der Waals surface area contributed by atoms with Gasteiger partial charge in [-0.3, -0.25) is 4.79 Å². The van der Waals surface area contributed by atoms with Gasteiger partial charge in [0.1, 0.15) is 31.6 Å². The molecule has 0 fully saturated rings. The number of nitrogens with zero attached hydrogens (tertiary/aromatic N) is 5. The monoisotopic (exact) mass is 533 g/mol. The Balaban J connectivity index is 1.61. The van der Waals surface area contributed by atoms with Crippen LogP contribution in [0.5, 0.6) is 5.88 Å². The van der Waals surface area contributed by atoms with Crippen LogP contribution in [0.2, 0.25) is 0 Å². The first kappa shape index (κ1) is 27.9. The van der Waals surface area contributed by atoms with Crippen LogP contribution in [-0.4, -0.2) is 50.4 Å². The lowest BCUT2D eigenvalue weighted by Gasteiger charge is -2.18. The lowest BCUT2D eigenvalue weighted by atomic mass is 9.95. The predicted octanol–water partition coefficient (Wildman–Crippen LogP) is 4.07. The Kier molecular flexibility index (Phi) is 8.51. The summed E-state index contributed by atoms with van der Waals surface area (Å²) in [6.45, 7) is 2.09. The number of nitriles is 1. The number of pyridine rings is 1. The van der Waals surface area contributed by atoms with E-state index >= 15 is 0 Å². The Bertz CT molecular complexity index is 1350. The first-order valence-electron chi connectivity index (χ1n) is 11.0. The number of hydrogen-bond acceptors (Lipinski definition) is 9. The number of carboxylic acid groups (broad SMARTS) is 1. The molecular formula is C24H22F3N5O6. The molecule has 0 aliphatic heterocycles. The van der Waals surface area contributed by atoms with Gasteiger partial charge >= 0.3 is 18.3 Å². The molecule has 2 aromatic heterocycles. The summed E-state index contributed by atoms with van der Waals surface area (Å²) in [5.74, 6) is -1.33. The molecule has 0 bridgehead atoms. The molecule has 0 aliphatic rings. The van der Waals surface area contributed by atoms with Crippen LogP contribution < -0.4 is 4.74 Å². The van der Waals surface area contributed by atoms with Crippen molar-refractivity contribution in [2.45, 2.75) is 33.2 Å². The summed E-state index contributed by atoms with van der Waals surface area (Å²) < 4.78 is 53.8. The standard InChI is InChI=1S/C24H22F3N5O6/c1-23(2,21(33)34)14-38-22(35)36-9-8-32-30-18(12-28)20(31-32)16-5-3-4-15(10-16)13-37-19-11-17(6-7-29-19)24(25,26)27/h3-7,10-11H,8-9,13-14H2,1-2H3,(H,33,34). The number of aromatic nitrogens is 4. The largest absolute Gasteiger partial charge is 0.508 e. The SMILES string of the molecule is CC(C)(COC(=O)OCCn1nc(C#N)c(-c2cccc(COc3cc(C(F)(F)F)ccn3)c2)n1)C(=O)O. The second kappa shape index (κ2) is 11.6. The number of ether oxygens (including phenoxy) is 3. The van der Waals surface area contributed by atoms with Crippen molar-refractivity contribution in [3.8, 4) is 23.2 Å². The summed E-state index contributed by atoms with van der Waals surface area (Å²) in [4.78, 5) is 27.7. The highest BCUT2D eigenvalue weighted by Gasteiger charge is 2.31.